The van der Waals surface area contributed by atoms with Crippen molar-refractivity contribution in [3.8, 4) is 33.8 Å². The fraction of sp³-hybridized carbons (Fsp3) is 0.226. The van der Waals surface area contributed by atoms with Crippen LogP contribution >= 0.6 is 0 Å². The standard InChI is InChI=1S/C31H29FN8O2S/c1-43(41,42)36-13-19-6-21(9-23(32)8-19)26-15-34-16-29-24(26)10-28(37-29)31-25-11-27(35-17-30(25)38-39-31)22-7-20(12-33-14-22)18-40-4-2-3-5-40/h6-12,14-17,36-37H,2-5,13,18H2,1H3,(H,38,39). The molecule has 0 saturated carbocycles. The van der Waals surface area contributed by atoms with Gasteiger partial charge >= 0.3 is 0 Å². The third-order valence-electron chi connectivity index (χ3n) is 7.75. The summed E-state index contributed by atoms with van der Waals surface area (Å²) in [5.41, 5.74) is 7.77. The van der Waals surface area contributed by atoms with Crippen LogP contribution in [0.3, 0.4) is 0 Å². The summed E-state index contributed by atoms with van der Waals surface area (Å²) < 4.78 is 40.2. The summed E-state index contributed by atoms with van der Waals surface area (Å²) in [4.78, 5) is 19.4. The lowest BCUT2D eigenvalue weighted by atomic mass is 10.0. The first kappa shape index (κ1) is 27.3. The number of aromatic nitrogens is 6. The molecular formula is C31H29FN8O2S. The van der Waals surface area contributed by atoms with Gasteiger partial charge < -0.3 is 4.98 Å². The number of sulfonamides is 1. The molecule has 5 aromatic heterocycles. The maximum atomic E-state index is 14.6. The van der Waals surface area contributed by atoms with E-state index in [-0.39, 0.29) is 6.54 Å². The topological polar surface area (TPSA) is 133 Å². The highest BCUT2D eigenvalue weighted by molar-refractivity contribution is 7.88. The molecule has 1 aliphatic heterocycles. The van der Waals surface area contributed by atoms with Crippen molar-refractivity contribution in [2.24, 2.45) is 0 Å². The number of hydrogen-bond donors (Lipinski definition) is 3. The summed E-state index contributed by atoms with van der Waals surface area (Å²) in [6.07, 6.45) is 12.5. The van der Waals surface area contributed by atoms with Crippen molar-refractivity contribution in [2.75, 3.05) is 19.3 Å². The second kappa shape index (κ2) is 11.0. The zero-order valence-corrected chi connectivity index (χ0v) is 24.2. The molecule has 0 amide bonds. The summed E-state index contributed by atoms with van der Waals surface area (Å²) in [5, 5.41) is 9.41. The van der Waals surface area contributed by atoms with E-state index in [4.69, 9.17) is 0 Å². The van der Waals surface area contributed by atoms with Crippen molar-refractivity contribution in [1.82, 2.24) is 39.8 Å². The Balaban J connectivity index is 1.24. The highest BCUT2D eigenvalue weighted by Gasteiger charge is 2.17. The molecule has 6 heterocycles. The predicted molar refractivity (Wildman–Crippen MR) is 164 cm³/mol. The van der Waals surface area contributed by atoms with Crippen LogP contribution in [0.5, 0.6) is 0 Å². The highest BCUT2D eigenvalue weighted by Crippen LogP contribution is 2.35. The van der Waals surface area contributed by atoms with Crippen molar-refractivity contribution in [2.45, 2.75) is 25.9 Å². The van der Waals surface area contributed by atoms with E-state index in [0.29, 0.717) is 16.7 Å². The molecule has 0 unspecified atom stereocenters. The second-order valence-electron chi connectivity index (χ2n) is 11.0. The van der Waals surface area contributed by atoms with Gasteiger partial charge in [0.1, 0.15) is 11.5 Å². The molecule has 0 radical (unpaired) electrons. The number of hydrogen-bond acceptors (Lipinski definition) is 7. The molecule has 6 aromatic rings. The molecule has 1 saturated heterocycles. The van der Waals surface area contributed by atoms with E-state index in [1.807, 2.05) is 24.5 Å². The Labute approximate surface area is 247 Å². The van der Waals surface area contributed by atoms with Crippen LogP contribution in [0, 0.1) is 5.82 Å². The van der Waals surface area contributed by atoms with Crippen LogP contribution in [0.1, 0.15) is 24.0 Å². The van der Waals surface area contributed by atoms with Crippen LogP contribution in [0.15, 0.2) is 67.4 Å². The van der Waals surface area contributed by atoms with Gasteiger partial charge in [-0.2, -0.15) is 5.10 Å². The molecule has 7 rings (SSSR count). The summed E-state index contributed by atoms with van der Waals surface area (Å²) in [5.74, 6) is -0.465. The van der Waals surface area contributed by atoms with E-state index in [9.17, 15) is 12.8 Å². The molecular weight excluding hydrogens is 567 g/mol. The minimum absolute atomic E-state index is 0.0162. The van der Waals surface area contributed by atoms with E-state index in [1.54, 1.807) is 24.7 Å². The van der Waals surface area contributed by atoms with E-state index < -0.39 is 15.8 Å². The minimum Gasteiger partial charge on any atom is -0.352 e. The average Bonchev–Trinajstić information content (AvgIpc) is 3.75. The van der Waals surface area contributed by atoms with E-state index in [1.165, 1.54) is 25.0 Å². The lowest BCUT2D eigenvalue weighted by Crippen LogP contribution is -2.21. The number of pyridine rings is 3. The van der Waals surface area contributed by atoms with Gasteiger partial charge in [-0.1, -0.05) is 0 Å². The molecule has 218 valence electrons. The number of rotatable bonds is 8. The molecule has 1 fully saturated rings. The first-order valence-electron chi connectivity index (χ1n) is 14.0. The Hall–Kier alpha value is -4.52. The Morgan fingerprint density at radius 3 is 2.53 bits per heavy atom. The molecule has 1 aromatic carbocycles. The van der Waals surface area contributed by atoms with Gasteiger partial charge in [-0.15, -0.1) is 0 Å². The number of halogens is 1. The van der Waals surface area contributed by atoms with Crippen LogP contribution in [-0.2, 0) is 23.1 Å². The largest absolute Gasteiger partial charge is 0.352 e. The molecule has 1 aliphatic rings. The Kier molecular flexibility index (Phi) is 6.96. The fourth-order valence-electron chi connectivity index (χ4n) is 5.72. The van der Waals surface area contributed by atoms with Gasteiger partial charge in [0.25, 0.3) is 0 Å². The van der Waals surface area contributed by atoms with E-state index in [0.717, 1.165) is 75.9 Å². The van der Waals surface area contributed by atoms with Gasteiger partial charge in [0, 0.05) is 53.6 Å². The van der Waals surface area contributed by atoms with Crippen LogP contribution < -0.4 is 4.72 Å². The minimum atomic E-state index is -3.42. The van der Waals surface area contributed by atoms with Gasteiger partial charge in [-0.3, -0.25) is 25.0 Å². The number of nitrogens with zero attached hydrogens (tertiary/aromatic N) is 5. The molecule has 0 spiro atoms. The summed E-state index contributed by atoms with van der Waals surface area (Å²) in [6, 6.07) is 10.6. The lowest BCUT2D eigenvalue weighted by Gasteiger charge is -2.14. The van der Waals surface area contributed by atoms with Crippen LogP contribution in [0.4, 0.5) is 4.39 Å². The highest BCUT2D eigenvalue weighted by atomic mass is 32.2. The summed E-state index contributed by atoms with van der Waals surface area (Å²) in [6.45, 7) is 3.11. The average molecular weight is 597 g/mol. The molecule has 0 bridgehead atoms. The quantitative estimate of drug-likeness (QED) is 0.225. The van der Waals surface area contributed by atoms with Crippen LogP contribution in [-0.4, -0.2) is 62.8 Å². The normalized spacial score (nSPS) is 14.3. The number of aromatic amines is 2. The molecule has 0 aliphatic carbocycles. The number of fused-ring (bicyclic) bond motifs is 2. The van der Waals surface area contributed by atoms with Crippen molar-refractivity contribution < 1.29 is 12.8 Å². The van der Waals surface area contributed by atoms with Gasteiger partial charge in [0.2, 0.25) is 10.0 Å². The maximum Gasteiger partial charge on any atom is 0.209 e. The SMILES string of the molecule is CS(=O)(=O)NCc1cc(F)cc(-c2cncc3[nH]c(-c4n[nH]c5cnc(-c6cncc(CN7CCCC7)c6)cc45)cc23)c1. The van der Waals surface area contributed by atoms with Gasteiger partial charge in [0.15, 0.2) is 0 Å². The fourth-order valence-corrected chi connectivity index (χ4v) is 6.15. The zero-order chi connectivity index (χ0) is 29.6. The smallest absolute Gasteiger partial charge is 0.209 e. The Bertz CT molecular complexity index is 2080. The number of H-pyrrole nitrogens is 2. The first-order valence-corrected chi connectivity index (χ1v) is 15.9. The number of likely N-dealkylation sites (tertiary alicyclic amines) is 1. The van der Waals surface area contributed by atoms with Gasteiger partial charge in [-0.05, 0) is 79.0 Å². The molecule has 10 nitrogen and oxygen atoms in total. The van der Waals surface area contributed by atoms with Gasteiger partial charge in [-0.25, -0.2) is 17.5 Å². The van der Waals surface area contributed by atoms with E-state index >= 15 is 0 Å². The Morgan fingerprint density at radius 1 is 0.884 bits per heavy atom. The lowest BCUT2D eigenvalue weighted by molar-refractivity contribution is 0.331. The third-order valence-corrected chi connectivity index (χ3v) is 8.42. The van der Waals surface area contributed by atoms with Crippen molar-refractivity contribution >= 4 is 31.8 Å². The molecule has 3 N–H and O–H groups in total. The van der Waals surface area contributed by atoms with Crippen LogP contribution in [0.2, 0.25) is 0 Å². The molecule has 0 atom stereocenters. The molecule has 43 heavy (non-hydrogen) atoms. The van der Waals surface area contributed by atoms with Gasteiger partial charge in [0.05, 0.1) is 41.1 Å². The van der Waals surface area contributed by atoms with E-state index in [2.05, 4.69) is 45.8 Å². The number of nitrogens with one attached hydrogen (secondary N) is 3. The number of benzene rings is 1. The Morgan fingerprint density at radius 2 is 1.70 bits per heavy atom. The second-order valence-corrected chi connectivity index (χ2v) is 12.9. The van der Waals surface area contributed by atoms with Crippen LogP contribution in [0.25, 0.3) is 55.6 Å². The van der Waals surface area contributed by atoms with Crippen molar-refractivity contribution in [1.29, 1.82) is 0 Å². The zero-order valence-electron chi connectivity index (χ0n) is 23.4. The molecule has 12 heteroatoms. The predicted octanol–water partition coefficient (Wildman–Crippen LogP) is 5.01. The van der Waals surface area contributed by atoms with Crippen molar-refractivity contribution in [3.63, 3.8) is 0 Å². The summed E-state index contributed by atoms with van der Waals surface area (Å²) in [7, 11) is -3.42. The first-order chi connectivity index (χ1) is 20.8. The summed E-state index contributed by atoms with van der Waals surface area (Å²) >= 11 is 0. The third kappa shape index (κ3) is 5.76. The maximum absolute atomic E-state index is 14.6. The monoisotopic (exact) mass is 596 g/mol. The van der Waals surface area contributed by atoms with Crippen molar-refractivity contribution in [3.05, 3.63) is 84.3 Å².